The molecule has 2 unspecified atom stereocenters. The van der Waals surface area contributed by atoms with E-state index in [4.69, 9.17) is 0 Å². The second-order valence-electron chi connectivity index (χ2n) is 4.70. The van der Waals surface area contributed by atoms with E-state index in [2.05, 4.69) is 16.0 Å². The first-order valence-corrected chi connectivity index (χ1v) is 6.05. The Hall–Kier alpha value is -0.930. The minimum atomic E-state index is -0.164. The fourth-order valence-corrected chi connectivity index (χ4v) is 2.29. The Kier molecular flexibility index (Phi) is 3.91. The van der Waals surface area contributed by atoms with Crippen LogP contribution in [0, 0.1) is 5.92 Å². The average Bonchev–Trinajstić information content (AvgIpc) is 2.76. The number of rotatable bonds is 4. The average molecular weight is 220 g/mol. The molecule has 0 aromatic carbocycles. The Morgan fingerprint density at radius 3 is 3.12 bits per heavy atom. The first-order chi connectivity index (χ1) is 7.75. The van der Waals surface area contributed by atoms with E-state index in [0.717, 1.165) is 32.5 Å². The Morgan fingerprint density at radius 2 is 2.50 bits per heavy atom. The lowest BCUT2D eigenvalue weighted by atomic mass is 10.0. The summed E-state index contributed by atoms with van der Waals surface area (Å²) in [7, 11) is 0. The molecule has 0 bridgehead atoms. The van der Waals surface area contributed by atoms with Crippen LogP contribution in [-0.2, 0) is 6.42 Å². The highest BCUT2D eigenvalue weighted by molar-refractivity contribution is 5.08. The van der Waals surface area contributed by atoms with Crippen LogP contribution < -0.4 is 0 Å². The molecule has 2 heterocycles. The molecule has 1 N–H and O–H groups in total. The van der Waals surface area contributed by atoms with Gasteiger partial charge < -0.3 is 10.0 Å². The highest BCUT2D eigenvalue weighted by Crippen LogP contribution is 2.19. The van der Waals surface area contributed by atoms with Crippen LogP contribution in [-0.4, -0.2) is 40.7 Å². The van der Waals surface area contributed by atoms with Crippen molar-refractivity contribution in [3.63, 3.8) is 0 Å². The highest BCUT2D eigenvalue weighted by Gasteiger charge is 2.25. The molecule has 0 saturated carbocycles. The third kappa shape index (κ3) is 3.03. The van der Waals surface area contributed by atoms with Crippen LogP contribution in [0.2, 0.25) is 0 Å². The van der Waals surface area contributed by atoms with Crippen molar-refractivity contribution in [2.75, 3.05) is 19.6 Å². The largest absolute Gasteiger partial charge is 0.393 e. The summed E-state index contributed by atoms with van der Waals surface area (Å²) in [5.74, 6) is 0.467. The Bertz CT molecular complexity index is 313. The van der Waals surface area contributed by atoms with Crippen LogP contribution in [0.1, 0.15) is 18.9 Å². The standard InChI is InChI=1S/C13H20N2O/c1-11(16)13-5-8-15(10-13)7-4-12-3-2-6-14-9-12/h2-3,6,9,11,13,16H,4-5,7-8,10H2,1H3. The van der Waals surface area contributed by atoms with Crippen molar-refractivity contribution in [2.24, 2.45) is 5.92 Å². The zero-order chi connectivity index (χ0) is 11.4. The molecule has 2 rings (SSSR count). The predicted octanol–water partition coefficient (Wildman–Crippen LogP) is 1.33. The van der Waals surface area contributed by atoms with Gasteiger partial charge in [-0.15, -0.1) is 0 Å². The maximum absolute atomic E-state index is 9.52. The van der Waals surface area contributed by atoms with E-state index in [9.17, 15) is 5.11 Å². The molecule has 1 aromatic heterocycles. The van der Waals surface area contributed by atoms with E-state index in [1.54, 1.807) is 0 Å². The maximum atomic E-state index is 9.52. The Balaban J connectivity index is 1.76. The molecule has 3 nitrogen and oxygen atoms in total. The molecule has 0 spiro atoms. The molecule has 0 radical (unpaired) electrons. The quantitative estimate of drug-likeness (QED) is 0.831. The van der Waals surface area contributed by atoms with Gasteiger partial charge >= 0.3 is 0 Å². The molecular weight excluding hydrogens is 200 g/mol. The highest BCUT2D eigenvalue weighted by atomic mass is 16.3. The first-order valence-electron chi connectivity index (χ1n) is 6.05. The van der Waals surface area contributed by atoms with Gasteiger partial charge in [0.25, 0.3) is 0 Å². The number of hydrogen-bond donors (Lipinski definition) is 1. The summed E-state index contributed by atoms with van der Waals surface area (Å²) >= 11 is 0. The topological polar surface area (TPSA) is 36.4 Å². The van der Waals surface area contributed by atoms with E-state index in [1.165, 1.54) is 5.56 Å². The number of aliphatic hydroxyl groups is 1. The van der Waals surface area contributed by atoms with Gasteiger partial charge in [0.05, 0.1) is 6.10 Å². The summed E-state index contributed by atoms with van der Waals surface area (Å²) in [6, 6.07) is 4.10. The minimum Gasteiger partial charge on any atom is -0.393 e. The Labute approximate surface area is 97.1 Å². The van der Waals surface area contributed by atoms with Gasteiger partial charge in [-0.2, -0.15) is 0 Å². The zero-order valence-corrected chi connectivity index (χ0v) is 9.84. The van der Waals surface area contributed by atoms with Crippen LogP contribution in [0.25, 0.3) is 0 Å². The van der Waals surface area contributed by atoms with E-state index in [0.29, 0.717) is 5.92 Å². The van der Waals surface area contributed by atoms with Crippen LogP contribution in [0.5, 0.6) is 0 Å². The lowest BCUT2D eigenvalue weighted by molar-refractivity contribution is 0.128. The van der Waals surface area contributed by atoms with E-state index < -0.39 is 0 Å². The van der Waals surface area contributed by atoms with E-state index >= 15 is 0 Å². The van der Waals surface area contributed by atoms with Crippen molar-refractivity contribution in [1.29, 1.82) is 0 Å². The molecule has 1 aromatic rings. The molecular formula is C13H20N2O. The van der Waals surface area contributed by atoms with Crippen molar-refractivity contribution in [3.05, 3.63) is 30.1 Å². The second-order valence-corrected chi connectivity index (χ2v) is 4.70. The van der Waals surface area contributed by atoms with Gasteiger partial charge in [0.2, 0.25) is 0 Å². The van der Waals surface area contributed by atoms with Crippen LogP contribution >= 0.6 is 0 Å². The predicted molar refractivity (Wildman–Crippen MR) is 64.2 cm³/mol. The van der Waals surface area contributed by atoms with Gasteiger partial charge in [-0.1, -0.05) is 6.07 Å². The van der Waals surface area contributed by atoms with E-state index in [1.807, 2.05) is 25.4 Å². The van der Waals surface area contributed by atoms with Crippen LogP contribution in [0.3, 0.4) is 0 Å². The van der Waals surface area contributed by atoms with Crippen molar-refractivity contribution in [3.8, 4) is 0 Å². The molecule has 1 aliphatic rings. The molecule has 1 saturated heterocycles. The second kappa shape index (κ2) is 5.41. The van der Waals surface area contributed by atoms with Gasteiger partial charge in [0, 0.05) is 25.5 Å². The summed E-state index contributed by atoms with van der Waals surface area (Å²) in [5, 5.41) is 9.52. The first kappa shape index (κ1) is 11.6. The summed E-state index contributed by atoms with van der Waals surface area (Å²) in [6.07, 6.45) is 5.76. The third-order valence-corrected chi connectivity index (χ3v) is 3.43. The molecule has 2 atom stereocenters. The lowest BCUT2D eigenvalue weighted by Gasteiger charge is -2.17. The van der Waals surface area contributed by atoms with Crippen LogP contribution in [0.15, 0.2) is 24.5 Å². The molecule has 16 heavy (non-hydrogen) atoms. The van der Waals surface area contributed by atoms with Crippen LogP contribution in [0.4, 0.5) is 0 Å². The molecule has 1 aliphatic heterocycles. The van der Waals surface area contributed by atoms with Crippen molar-refractivity contribution < 1.29 is 5.11 Å². The third-order valence-electron chi connectivity index (χ3n) is 3.43. The maximum Gasteiger partial charge on any atom is 0.0552 e. The van der Waals surface area contributed by atoms with Gasteiger partial charge in [-0.05, 0) is 43.9 Å². The number of aromatic nitrogens is 1. The number of hydrogen-bond acceptors (Lipinski definition) is 3. The Morgan fingerprint density at radius 1 is 1.62 bits per heavy atom. The van der Waals surface area contributed by atoms with Crippen molar-refractivity contribution >= 4 is 0 Å². The van der Waals surface area contributed by atoms with E-state index in [-0.39, 0.29) is 6.10 Å². The van der Waals surface area contributed by atoms with Gasteiger partial charge in [-0.25, -0.2) is 0 Å². The fourth-order valence-electron chi connectivity index (χ4n) is 2.29. The number of nitrogens with zero attached hydrogens (tertiary/aromatic N) is 2. The smallest absolute Gasteiger partial charge is 0.0552 e. The van der Waals surface area contributed by atoms with Gasteiger partial charge in [0.1, 0.15) is 0 Å². The molecule has 0 amide bonds. The van der Waals surface area contributed by atoms with Crippen molar-refractivity contribution in [2.45, 2.75) is 25.9 Å². The summed E-state index contributed by atoms with van der Waals surface area (Å²) < 4.78 is 0. The van der Waals surface area contributed by atoms with Crippen molar-refractivity contribution in [1.82, 2.24) is 9.88 Å². The lowest BCUT2D eigenvalue weighted by Crippen LogP contribution is -2.26. The fraction of sp³-hybridized carbons (Fsp3) is 0.615. The summed E-state index contributed by atoms with van der Waals surface area (Å²) in [4.78, 5) is 6.55. The minimum absolute atomic E-state index is 0.164. The molecule has 1 fully saturated rings. The molecule has 3 heteroatoms. The molecule has 88 valence electrons. The SMILES string of the molecule is CC(O)C1CCN(CCc2cccnc2)C1. The number of aliphatic hydroxyl groups excluding tert-OH is 1. The monoisotopic (exact) mass is 220 g/mol. The molecule has 0 aliphatic carbocycles. The number of likely N-dealkylation sites (tertiary alicyclic amines) is 1. The zero-order valence-electron chi connectivity index (χ0n) is 9.84. The summed E-state index contributed by atoms with van der Waals surface area (Å²) in [6.45, 7) is 5.14. The van der Waals surface area contributed by atoms with Gasteiger partial charge in [0.15, 0.2) is 0 Å². The normalized spacial score (nSPS) is 23.5. The number of pyridine rings is 1. The van der Waals surface area contributed by atoms with Gasteiger partial charge in [-0.3, -0.25) is 4.98 Å². The summed E-state index contributed by atoms with van der Waals surface area (Å²) in [5.41, 5.74) is 1.29.